The van der Waals surface area contributed by atoms with E-state index in [0.717, 1.165) is 26.1 Å². The molecule has 5 heteroatoms. The lowest BCUT2D eigenvalue weighted by Crippen LogP contribution is -2.20. The van der Waals surface area contributed by atoms with Crippen LogP contribution in [0.4, 0.5) is 0 Å². The average Bonchev–Trinajstić information content (AvgIpc) is 2.92. The second kappa shape index (κ2) is 8.19. The Kier molecular flexibility index (Phi) is 5.92. The topological polar surface area (TPSA) is 43.6 Å². The monoisotopic (exact) mass is 382 g/mol. The van der Waals surface area contributed by atoms with Gasteiger partial charge in [0, 0.05) is 13.7 Å². The Morgan fingerprint density at radius 1 is 1.07 bits per heavy atom. The van der Waals surface area contributed by atoms with Crippen molar-refractivity contribution in [3.63, 3.8) is 0 Å². The lowest BCUT2D eigenvalue weighted by atomic mass is 10.0. The van der Waals surface area contributed by atoms with Crippen LogP contribution in [-0.2, 0) is 22.5 Å². The first-order valence-electron chi connectivity index (χ1n) is 9.12. The van der Waals surface area contributed by atoms with E-state index >= 15 is 0 Å². The molecular formula is C22H26N2O2S. The lowest BCUT2D eigenvalue weighted by molar-refractivity contribution is -0.117. The minimum absolute atomic E-state index is 0.117. The Morgan fingerprint density at radius 2 is 1.81 bits per heavy atom. The molecule has 0 spiro atoms. The van der Waals surface area contributed by atoms with E-state index in [1.54, 1.807) is 18.4 Å². The summed E-state index contributed by atoms with van der Waals surface area (Å²) in [7, 11) is 1.69. The van der Waals surface area contributed by atoms with E-state index in [0.29, 0.717) is 19.6 Å². The first-order chi connectivity index (χ1) is 12.9. The number of benzene rings is 2. The Balaban J connectivity index is 2.01. The number of carbonyl (C=O) groups excluding carboxylic acids is 1. The summed E-state index contributed by atoms with van der Waals surface area (Å²) < 4.78 is 8.50. The fourth-order valence-electron chi connectivity index (χ4n) is 3.16. The first kappa shape index (κ1) is 19.5. The summed E-state index contributed by atoms with van der Waals surface area (Å²) in [5.74, 6) is -0.117. The van der Waals surface area contributed by atoms with Crippen LogP contribution in [0.3, 0.4) is 0 Å². The van der Waals surface area contributed by atoms with E-state index in [2.05, 4.69) is 48.5 Å². The van der Waals surface area contributed by atoms with Gasteiger partial charge in [0.25, 0.3) is 5.91 Å². The Morgan fingerprint density at radius 3 is 2.52 bits per heavy atom. The largest absolute Gasteiger partial charge is 0.383 e. The van der Waals surface area contributed by atoms with Crippen molar-refractivity contribution in [2.45, 2.75) is 40.7 Å². The SMILES string of the molecule is COCCn1c(=NC(=O)Cc2ccc(C)cc2C)sc2cc(C)c(C)cc21. The molecule has 27 heavy (non-hydrogen) atoms. The molecule has 0 radical (unpaired) electrons. The molecular weight excluding hydrogens is 356 g/mol. The standard InChI is InChI=1S/C22H26N2O2S/c1-14-6-7-18(17(4)10-14)13-21(25)23-22-24(8-9-26-5)19-11-15(2)16(3)12-20(19)27-22/h6-7,10-12H,8-9,13H2,1-5H3. The maximum Gasteiger partial charge on any atom is 0.252 e. The molecule has 3 aromatic rings. The number of amides is 1. The van der Waals surface area contributed by atoms with E-state index in [1.807, 2.05) is 19.1 Å². The van der Waals surface area contributed by atoms with Crippen LogP contribution in [0.2, 0.25) is 0 Å². The number of rotatable bonds is 5. The molecule has 1 aromatic heterocycles. The molecule has 0 fully saturated rings. The maximum atomic E-state index is 12.7. The van der Waals surface area contributed by atoms with Crippen molar-refractivity contribution in [3.8, 4) is 0 Å². The zero-order chi connectivity index (χ0) is 19.6. The van der Waals surface area contributed by atoms with Crippen LogP contribution in [0.1, 0.15) is 27.8 Å². The van der Waals surface area contributed by atoms with Crippen LogP contribution >= 0.6 is 11.3 Å². The molecule has 0 aliphatic carbocycles. The number of nitrogens with zero attached hydrogens (tertiary/aromatic N) is 2. The van der Waals surface area contributed by atoms with Gasteiger partial charge in [0.1, 0.15) is 0 Å². The van der Waals surface area contributed by atoms with Crippen LogP contribution in [0.5, 0.6) is 0 Å². The molecule has 4 nitrogen and oxygen atoms in total. The van der Waals surface area contributed by atoms with E-state index in [9.17, 15) is 4.79 Å². The molecule has 0 aliphatic rings. The molecule has 0 bridgehead atoms. The molecule has 0 N–H and O–H groups in total. The van der Waals surface area contributed by atoms with Gasteiger partial charge in [-0.2, -0.15) is 4.99 Å². The molecule has 0 atom stereocenters. The summed E-state index contributed by atoms with van der Waals surface area (Å²) in [4.78, 5) is 17.8. The van der Waals surface area contributed by atoms with Crippen molar-refractivity contribution >= 4 is 27.5 Å². The molecule has 0 aliphatic heterocycles. The number of carbonyl (C=O) groups is 1. The van der Waals surface area contributed by atoms with Gasteiger partial charge in [0.15, 0.2) is 4.80 Å². The van der Waals surface area contributed by atoms with Crippen LogP contribution in [0.25, 0.3) is 10.2 Å². The average molecular weight is 383 g/mol. The summed E-state index contributed by atoms with van der Waals surface area (Å²) in [6, 6.07) is 10.5. The van der Waals surface area contributed by atoms with Gasteiger partial charge in [0.05, 0.1) is 23.2 Å². The molecule has 1 amide bonds. The molecule has 0 saturated carbocycles. The minimum Gasteiger partial charge on any atom is -0.383 e. The molecule has 0 saturated heterocycles. The van der Waals surface area contributed by atoms with Crippen LogP contribution in [0.15, 0.2) is 35.3 Å². The fraction of sp³-hybridized carbons (Fsp3) is 0.364. The normalized spacial score (nSPS) is 12.1. The number of aryl methyl sites for hydroxylation is 4. The number of fused-ring (bicyclic) bond motifs is 1. The molecule has 3 rings (SSSR count). The van der Waals surface area contributed by atoms with Gasteiger partial charge in [-0.3, -0.25) is 4.79 Å². The van der Waals surface area contributed by atoms with E-state index < -0.39 is 0 Å². The molecule has 0 unspecified atom stereocenters. The summed E-state index contributed by atoms with van der Waals surface area (Å²) in [5, 5.41) is 0. The zero-order valence-corrected chi connectivity index (χ0v) is 17.4. The summed E-state index contributed by atoms with van der Waals surface area (Å²) in [5.41, 5.74) is 6.96. The number of hydrogen-bond donors (Lipinski definition) is 0. The Hall–Kier alpha value is -2.24. The van der Waals surface area contributed by atoms with Gasteiger partial charge in [-0.1, -0.05) is 35.1 Å². The van der Waals surface area contributed by atoms with Crippen LogP contribution in [0, 0.1) is 27.7 Å². The number of aromatic nitrogens is 1. The third-order valence-electron chi connectivity index (χ3n) is 4.88. The number of thiazole rings is 1. The molecule has 1 heterocycles. The van der Waals surface area contributed by atoms with Gasteiger partial charge < -0.3 is 9.30 Å². The maximum absolute atomic E-state index is 12.7. The van der Waals surface area contributed by atoms with Crippen molar-refractivity contribution in [1.82, 2.24) is 4.57 Å². The van der Waals surface area contributed by atoms with E-state index in [-0.39, 0.29) is 5.91 Å². The van der Waals surface area contributed by atoms with E-state index in [4.69, 9.17) is 4.74 Å². The van der Waals surface area contributed by atoms with Gasteiger partial charge in [-0.25, -0.2) is 0 Å². The van der Waals surface area contributed by atoms with Gasteiger partial charge in [0.2, 0.25) is 0 Å². The summed E-state index contributed by atoms with van der Waals surface area (Å²) in [6.07, 6.45) is 0.322. The second-order valence-corrected chi connectivity index (χ2v) is 8.05. The minimum atomic E-state index is -0.117. The Bertz CT molecular complexity index is 1060. The van der Waals surface area contributed by atoms with E-state index in [1.165, 1.54) is 16.7 Å². The predicted molar refractivity (Wildman–Crippen MR) is 111 cm³/mol. The smallest absolute Gasteiger partial charge is 0.252 e. The third kappa shape index (κ3) is 4.37. The predicted octanol–water partition coefficient (Wildman–Crippen LogP) is 4.25. The van der Waals surface area contributed by atoms with Gasteiger partial charge in [-0.05, 0) is 62.1 Å². The zero-order valence-electron chi connectivity index (χ0n) is 16.6. The first-order valence-corrected chi connectivity index (χ1v) is 9.94. The highest BCUT2D eigenvalue weighted by molar-refractivity contribution is 7.16. The quantitative estimate of drug-likeness (QED) is 0.662. The van der Waals surface area contributed by atoms with Crippen molar-refractivity contribution in [2.75, 3.05) is 13.7 Å². The number of hydrogen-bond acceptors (Lipinski definition) is 3. The number of ether oxygens (including phenoxy) is 1. The van der Waals surface area contributed by atoms with Crippen LogP contribution < -0.4 is 4.80 Å². The highest BCUT2D eigenvalue weighted by Crippen LogP contribution is 2.22. The highest BCUT2D eigenvalue weighted by Gasteiger charge is 2.11. The van der Waals surface area contributed by atoms with Crippen molar-refractivity contribution in [1.29, 1.82) is 0 Å². The van der Waals surface area contributed by atoms with Crippen molar-refractivity contribution in [3.05, 3.63) is 63.0 Å². The summed E-state index contributed by atoms with van der Waals surface area (Å²) >= 11 is 1.56. The van der Waals surface area contributed by atoms with Crippen molar-refractivity contribution < 1.29 is 9.53 Å². The Labute approximate surface area is 164 Å². The molecule has 142 valence electrons. The van der Waals surface area contributed by atoms with Gasteiger partial charge in [-0.15, -0.1) is 0 Å². The fourth-order valence-corrected chi connectivity index (χ4v) is 4.31. The molecule has 2 aromatic carbocycles. The number of methoxy groups -OCH3 is 1. The highest BCUT2D eigenvalue weighted by atomic mass is 32.1. The van der Waals surface area contributed by atoms with Crippen molar-refractivity contribution in [2.24, 2.45) is 4.99 Å². The summed E-state index contributed by atoms with van der Waals surface area (Å²) in [6.45, 7) is 9.57. The third-order valence-corrected chi connectivity index (χ3v) is 5.92. The lowest BCUT2D eigenvalue weighted by Gasteiger charge is -2.06. The second-order valence-electron chi connectivity index (χ2n) is 7.05. The van der Waals surface area contributed by atoms with Crippen LogP contribution in [-0.4, -0.2) is 24.2 Å². The van der Waals surface area contributed by atoms with Gasteiger partial charge >= 0.3 is 0 Å².